The highest BCUT2D eigenvalue weighted by Crippen LogP contribution is 2.29. The zero-order valence-corrected chi connectivity index (χ0v) is 15.8. The number of fused-ring (bicyclic) bond motifs is 1. The molecule has 2 aromatic heterocycles. The second-order valence-electron chi connectivity index (χ2n) is 6.89. The summed E-state index contributed by atoms with van der Waals surface area (Å²) in [6, 6.07) is 8.62. The number of rotatable bonds is 5. The van der Waals surface area contributed by atoms with Crippen molar-refractivity contribution in [2.75, 3.05) is 6.54 Å². The minimum Gasteiger partial charge on any atom is -0.332 e. The Balaban J connectivity index is 1.53. The van der Waals surface area contributed by atoms with Gasteiger partial charge in [0.2, 0.25) is 0 Å². The van der Waals surface area contributed by atoms with Crippen LogP contribution >= 0.6 is 11.3 Å². The molecule has 0 spiro atoms. The summed E-state index contributed by atoms with van der Waals surface area (Å²) >= 11 is 1.35. The van der Waals surface area contributed by atoms with Crippen LogP contribution in [0.15, 0.2) is 36.5 Å². The molecule has 0 N–H and O–H groups in total. The number of alkyl halides is 3. The Morgan fingerprint density at radius 2 is 1.96 bits per heavy atom. The highest BCUT2D eigenvalue weighted by molar-refractivity contribution is 7.20. The number of benzene rings is 1. The fourth-order valence-corrected chi connectivity index (χ4v) is 4.52. The molecule has 0 radical (unpaired) electrons. The van der Waals surface area contributed by atoms with Crippen molar-refractivity contribution in [3.63, 3.8) is 0 Å². The number of thiazole rings is 1. The Hall–Kier alpha value is -2.42. The summed E-state index contributed by atoms with van der Waals surface area (Å²) in [6.45, 7) is 0.515. The Morgan fingerprint density at radius 3 is 2.64 bits per heavy atom. The second-order valence-corrected chi connectivity index (χ2v) is 7.92. The van der Waals surface area contributed by atoms with Gasteiger partial charge in [0, 0.05) is 18.8 Å². The molecule has 5 nitrogen and oxygen atoms in total. The van der Waals surface area contributed by atoms with Crippen LogP contribution in [0, 0.1) is 0 Å². The standard InChI is InChI=1S/C19H19F3N4OS/c20-19(21,22)16-9-10-25(24-16)11-12-26(13-5-1-2-6-13)18(27)17-23-14-7-3-4-8-15(14)28-17/h3-4,7-10,13H,1-2,5-6,11-12H2. The van der Waals surface area contributed by atoms with Crippen LogP contribution in [0.25, 0.3) is 10.2 Å². The molecule has 0 atom stereocenters. The average Bonchev–Trinajstić information content (AvgIpc) is 3.41. The molecular weight excluding hydrogens is 389 g/mol. The van der Waals surface area contributed by atoms with Crippen molar-refractivity contribution >= 4 is 27.5 Å². The van der Waals surface area contributed by atoms with E-state index in [4.69, 9.17) is 0 Å². The number of nitrogens with zero attached hydrogens (tertiary/aromatic N) is 4. The van der Waals surface area contributed by atoms with Crippen LogP contribution in [0.2, 0.25) is 0 Å². The van der Waals surface area contributed by atoms with Crippen LogP contribution in [-0.4, -0.2) is 38.2 Å². The lowest BCUT2D eigenvalue weighted by Gasteiger charge is -2.28. The minimum absolute atomic E-state index is 0.0946. The van der Waals surface area contributed by atoms with Gasteiger partial charge in [0.15, 0.2) is 10.7 Å². The first-order valence-corrected chi connectivity index (χ1v) is 10.0. The Kier molecular flexibility index (Phi) is 5.09. The van der Waals surface area contributed by atoms with Crippen LogP contribution in [0.3, 0.4) is 0 Å². The molecule has 9 heteroatoms. The molecule has 0 aliphatic heterocycles. The lowest BCUT2D eigenvalue weighted by molar-refractivity contribution is -0.141. The average molecular weight is 408 g/mol. The zero-order chi connectivity index (χ0) is 19.7. The molecule has 2 heterocycles. The number of halogens is 3. The fraction of sp³-hybridized carbons (Fsp3) is 0.421. The lowest BCUT2D eigenvalue weighted by atomic mass is 10.2. The Labute approximate surface area is 163 Å². The van der Waals surface area contributed by atoms with Crippen molar-refractivity contribution in [3.8, 4) is 0 Å². The van der Waals surface area contributed by atoms with E-state index >= 15 is 0 Å². The first-order valence-electron chi connectivity index (χ1n) is 9.19. The summed E-state index contributed by atoms with van der Waals surface area (Å²) in [5, 5.41) is 4.01. The first-order chi connectivity index (χ1) is 13.4. The zero-order valence-electron chi connectivity index (χ0n) is 15.0. The van der Waals surface area contributed by atoms with Crippen molar-refractivity contribution < 1.29 is 18.0 Å². The van der Waals surface area contributed by atoms with Crippen LogP contribution in [0.5, 0.6) is 0 Å². The first kappa shape index (κ1) is 18.9. The van der Waals surface area contributed by atoms with E-state index in [0.29, 0.717) is 11.6 Å². The largest absolute Gasteiger partial charge is 0.435 e. The summed E-state index contributed by atoms with van der Waals surface area (Å²) in [7, 11) is 0. The molecule has 1 saturated carbocycles. The highest BCUT2D eigenvalue weighted by atomic mass is 32.1. The van der Waals surface area contributed by atoms with E-state index in [1.807, 2.05) is 24.3 Å². The predicted octanol–water partition coefficient (Wildman–Crippen LogP) is 4.60. The molecule has 1 aliphatic rings. The fourth-order valence-electron chi connectivity index (χ4n) is 3.60. The molecule has 0 unspecified atom stereocenters. The van der Waals surface area contributed by atoms with Crippen molar-refractivity contribution in [3.05, 3.63) is 47.2 Å². The highest BCUT2D eigenvalue weighted by Gasteiger charge is 2.34. The van der Waals surface area contributed by atoms with E-state index in [1.54, 1.807) is 4.90 Å². The third-order valence-electron chi connectivity index (χ3n) is 5.00. The third-order valence-corrected chi connectivity index (χ3v) is 6.03. The second kappa shape index (κ2) is 7.54. The molecule has 3 aromatic rings. The van der Waals surface area contributed by atoms with Crippen LogP contribution in [0.1, 0.15) is 41.2 Å². The van der Waals surface area contributed by atoms with Gasteiger partial charge in [-0.2, -0.15) is 18.3 Å². The topological polar surface area (TPSA) is 51.0 Å². The number of carbonyl (C=O) groups is 1. The molecule has 148 valence electrons. The van der Waals surface area contributed by atoms with E-state index in [1.165, 1.54) is 22.2 Å². The van der Waals surface area contributed by atoms with Crippen molar-refractivity contribution in [2.45, 2.75) is 44.4 Å². The number of carbonyl (C=O) groups excluding carboxylic acids is 1. The van der Waals surface area contributed by atoms with Gasteiger partial charge in [0.05, 0.1) is 16.8 Å². The molecule has 1 amide bonds. The maximum Gasteiger partial charge on any atom is 0.435 e. The quantitative estimate of drug-likeness (QED) is 0.620. The van der Waals surface area contributed by atoms with Gasteiger partial charge in [-0.25, -0.2) is 4.98 Å². The maximum atomic E-state index is 13.2. The molecule has 1 aromatic carbocycles. The van der Waals surface area contributed by atoms with Gasteiger partial charge in [-0.05, 0) is 31.0 Å². The molecular formula is C19H19F3N4OS. The van der Waals surface area contributed by atoms with Gasteiger partial charge in [-0.1, -0.05) is 25.0 Å². The van der Waals surface area contributed by atoms with E-state index in [0.717, 1.165) is 42.0 Å². The van der Waals surface area contributed by atoms with Gasteiger partial charge in [0.1, 0.15) is 0 Å². The number of aromatic nitrogens is 3. The van der Waals surface area contributed by atoms with Gasteiger partial charge in [-0.3, -0.25) is 9.48 Å². The van der Waals surface area contributed by atoms with Crippen molar-refractivity contribution in [2.24, 2.45) is 0 Å². The number of hydrogen-bond acceptors (Lipinski definition) is 4. The van der Waals surface area contributed by atoms with E-state index in [2.05, 4.69) is 10.1 Å². The molecule has 0 saturated heterocycles. The Morgan fingerprint density at radius 1 is 1.21 bits per heavy atom. The summed E-state index contributed by atoms with van der Waals surface area (Å²) in [5.41, 5.74) is -0.137. The summed E-state index contributed by atoms with van der Waals surface area (Å²) in [4.78, 5) is 19.4. The van der Waals surface area contributed by atoms with E-state index < -0.39 is 11.9 Å². The number of hydrogen-bond donors (Lipinski definition) is 0. The van der Waals surface area contributed by atoms with Gasteiger partial charge in [-0.15, -0.1) is 11.3 Å². The maximum absolute atomic E-state index is 13.2. The van der Waals surface area contributed by atoms with Crippen LogP contribution < -0.4 is 0 Å². The Bertz CT molecular complexity index is 942. The summed E-state index contributed by atoms with van der Waals surface area (Å²) in [6.07, 6.45) is 0.751. The van der Waals surface area contributed by atoms with Gasteiger partial charge < -0.3 is 4.90 Å². The van der Waals surface area contributed by atoms with Crippen molar-refractivity contribution in [1.29, 1.82) is 0 Å². The number of amides is 1. The normalized spacial score (nSPS) is 15.4. The summed E-state index contributed by atoms with van der Waals surface area (Å²) in [5.74, 6) is -0.156. The van der Waals surface area contributed by atoms with Gasteiger partial charge >= 0.3 is 6.18 Å². The molecule has 1 aliphatic carbocycles. The lowest BCUT2D eigenvalue weighted by Crippen LogP contribution is -2.41. The van der Waals surface area contributed by atoms with Crippen LogP contribution in [-0.2, 0) is 12.7 Å². The van der Waals surface area contributed by atoms with Crippen LogP contribution in [0.4, 0.5) is 13.2 Å². The van der Waals surface area contributed by atoms with Crippen molar-refractivity contribution in [1.82, 2.24) is 19.7 Å². The third kappa shape index (κ3) is 3.89. The predicted molar refractivity (Wildman–Crippen MR) is 100 cm³/mol. The smallest absolute Gasteiger partial charge is 0.332 e. The minimum atomic E-state index is -4.47. The number of para-hydroxylation sites is 1. The molecule has 4 rings (SSSR count). The monoisotopic (exact) mass is 408 g/mol. The van der Waals surface area contributed by atoms with E-state index in [-0.39, 0.29) is 18.5 Å². The van der Waals surface area contributed by atoms with E-state index in [9.17, 15) is 18.0 Å². The summed E-state index contributed by atoms with van der Waals surface area (Å²) < 4.78 is 40.4. The van der Waals surface area contributed by atoms with Gasteiger partial charge in [0.25, 0.3) is 5.91 Å². The molecule has 0 bridgehead atoms. The molecule has 1 fully saturated rings. The SMILES string of the molecule is O=C(c1nc2ccccc2s1)N(CCn1ccc(C(F)(F)F)n1)C1CCCC1. The molecule has 28 heavy (non-hydrogen) atoms.